The number of anilines is 1. The van der Waals surface area contributed by atoms with Crippen LogP contribution in [0.1, 0.15) is 51.2 Å². The van der Waals surface area contributed by atoms with Gasteiger partial charge in [0.05, 0.1) is 19.0 Å². The van der Waals surface area contributed by atoms with Crippen LogP contribution < -0.4 is 10.2 Å². The zero-order valence-electron chi connectivity index (χ0n) is 19.5. The smallest absolute Gasteiger partial charge is 0.407 e. The van der Waals surface area contributed by atoms with Gasteiger partial charge in [-0.3, -0.25) is 9.69 Å². The van der Waals surface area contributed by atoms with Gasteiger partial charge in [0.2, 0.25) is 5.91 Å². The molecule has 1 saturated heterocycles. The fraction of sp³-hybridized carbons (Fsp3) is 0.625. The van der Waals surface area contributed by atoms with E-state index in [4.69, 9.17) is 10.00 Å². The zero-order valence-corrected chi connectivity index (χ0v) is 19.5. The molecule has 0 spiro atoms. The molecule has 1 fully saturated rings. The summed E-state index contributed by atoms with van der Waals surface area (Å²) in [4.78, 5) is 29.0. The van der Waals surface area contributed by atoms with Crippen LogP contribution in [0.25, 0.3) is 0 Å². The molecule has 0 saturated carbocycles. The highest BCUT2D eigenvalue weighted by Crippen LogP contribution is 2.21. The van der Waals surface area contributed by atoms with Gasteiger partial charge in [0.25, 0.3) is 0 Å². The van der Waals surface area contributed by atoms with Crippen molar-refractivity contribution < 1.29 is 14.3 Å². The van der Waals surface area contributed by atoms with E-state index in [1.807, 2.05) is 46.8 Å². The fourth-order valence-corrected chi connectivity index (χ4v) is 3.95. The summed E-state index contributed by atoms with van der Waals surface area (Å²) in [6.45, 7) is 12.4. The lowest BCUT2D eigenvalue weighted by molar-refractivity contribution is -0.120. The van der Waals surface area contributed by atoms with Crippen LogP contribution in [0.2, 0.25) is 0 Å². The predicted molar refractivity (Wildman–Crippen MR) is 122 cm³/mol. The molecule has 1 aromatic rings. The number of likely N-dealkylation sites (tertiary alicyclic amines) is 1. The molecule has 1 aliphatic rings. The first-order valence-electron chi connectivity index (χ1n) is 11.0. The second kappa shape index (κ2) is 11.1. The summed E-state index contributed by atoms with van der Waals surface area (Å²) < 4.78 is 5.31. The van der Waals surface area contributed by atoms with Crippen molar-refractivity contribution in [3.8, 4) is 6.07 Å². The summed E-state index contributed by atoms with van der Waals surface area (Å²) in [5, 5.41) is 11.9. The van der Waals surface area contributed by atoms with Gasteiger partial charge >= 0.3 is 6.09 Å². The first-order valence-corrected chi connectivity index (χ1v) is 11.0. The molecule has 1 atom stereocenters. The molecule has 0 aromatic heterocycles. The third kappa shape index (κ3) is 8.58. The lowest BCUT2D eigenvalue weighted by Gasteiger charge is -2.34. The van der Waals surface area contributed by atoms with E-state index in [0.717, 1.165) is 42.7 Å². The number of nitrogens with zero attached hydrogens (tertiary/aromatic N) is 3. The molecule has 31 heavy (non-hydrogen) atoms. The van der Waals surface area contributed by atoms with Gasteiger partial charge in [-0.1, -0.05) is 6.07 Å². The number of alkyl carbamates (subject to hydrolysis) is 1. The summed E-state index contributed by atoms with van der Waals surface area (Å²) in [6.07, 6.45) is 1.88. The number of piperidine rings is 1. The number of hydrogen-bond acceptors (Lipinski definition) is 5. The zero-order chi connectivity index (χ0) is 23.0. The number of rotatable bonds is 7. The first-order chi connectivity index (χ1) is 14.6. The Morgan fingerprint density at radius 2 is 1.94 bits per heavy atom. The van der Waals surface area contributed by atoms with Crippen LogP contribution in [0.3, 0.4) is 0 Å². The Morgan fingerprint density at radius 1 is 1.26 bits per heavy atom. The third-order valence-electron chi connectivity index (χ3n) is 5.16. The Labute approximate surface area is 186 Å². The molecule has 1 unspecified atom stereocenters. The molecule has 7 heteroatoms. The summed E-state index contributed by atoms with van der Waals surface area (Å²) in [7, 11) is 0. The van der Waals surface area contributed by atoms with E-state index >= 15 is 0 Å². The van der Waals surface area contributed by atoms with Gasteiger partial charge in [0.15, 0.2) is 0 Å². The van der Waals surface area contributed by atoms with Crippen molar-refractivity contribution in [2.45, 2.75) is 59.5 Å². The Balaban J connectivity index is 1.96. The number of benzene rings is 1. The van der Waals surface area contributed by atoms with Crippen LogP contribution in [0.15, 0.2) is 18.2 Å². The highest BCUT2D eigenvalue weighted by Gasteiger charge is 2.25. The molecule has 1 aromatic carbocycles. The van der Waals surface area contributed by atoms with Gasteiger partial charge in [-0.25, -0.2) is 4.79 Å². The number of nitrogens with one attached hydrogen (secondary N) is 1. The molecule has 1 aliphatic heterocycles. The van der Waals surface area contributed by atoms with E-state index < -0.39 is 11.7 Å². The van der Waals surface area contributed by atoms with Gasteiger partial charge in [-0.05, 0) is 83.2 Å². The number of ether oxygens (including phenoxy) is 1. The third-order valence-corrected chi connectivity index (χ3v) is 5.16. The standard InChI is InChI=1S/C24H36N4O3/c1-18-12-19(2)14-21(13-18)28(11-7-9-25)22(29)17-27-10-6-8-20(16-27)15-26-23(30)31-24(3,4)5/h12-14,20H,6-8,10-11,15-17H2,1-5H3,(H,26,30). The molecule has 1 heterocycles. The molecule has 170 valence electrons. The molecule has 1 N–H and O–H groups in total. The molecule has 7 nitrogen and oxygen atoms in total. The van der Waals surface area contributed by atoms with Crippen molar-refractivity contribution in [1.82, 2.24) is 10.2 Å². The average molecular weight is 429 g/mol. The van der Waals surface area contributed by atoms with E-state index in [9.17, 15) is 9.59 Å². The number of hydrogen-bond donors (Lipinski definition) is 1. The number of nitriles is 1. The minimum absolute atomic E-state index is 0.000927. The lowest BCUT2D eigenvalue weighted by atomic mass is 9.98. The first kappa shape index (κ1) is 24.7. The van der Waals surface area contributed by atoms with Crippen molar-refractivity contribution in [3.05, 3.63) is 29.3 Å². The van der Waals surface area contributed by atoms with E-state index in [0.29, 0.717) is 26.1 Å². The summed E-state index contributed by atoms with van der Waals surface area (Å²) in [5.41, 5.74) is 2.51. The van der Waals surface area contributed by atoms with E-state index in [-0.39, 0.29) is 11.8 Å². The van der Waals surface area contributed by atoms with E-state index in [1.165, 1.54) is 0 Å². The SMILES string of the molecule is Cc1cc(C)cc(N(CCC#N)C(=O)CN2CCCC(CNC(=O)OC(C)(C)C)C2)c1. The summed E-state index contributed by atoms with van der Waals surface area (Å²) in [5.74, 6) is 0.281. The van der Waals surface area contributed by atoms with Crippen molar-refractivity contribution >= 4 is 17.7 Å². The van der Waals surface area contributed by atoms with Crippen LogP contribution >= 0.6 is 0 Å². The van der Waals surface area contributed by atoms with Gasteiger partial charge in [-0.2, -0.15) is 5.26 Å². The monoisotopic (exact) mass is 428 g/mol. The van der Waals surface area contributed by atoms with E-state index in [1.54, 1.807) is 4.90 Å². The molecule has 2 rings (SSSR count). The van der Waals surface area contributed by atoms with Crippen LogP contribution in [0.4, 0.5) is 10.5 Å². The van der Waals surface area contributed by atoms with E-state index in [2.05, 4.69) is 22.4 Å². The van der Waals surface area contributed by atoms with Gasteiger partial charge in [0, 0.05) is 25.3 Å². The van der Waals surface area contributed by atoms with Crippen molar-refractivity contribution in [3.63, 3.8) is 0 Å². The predicted octanol–water partition coefficient (Wildman–Crippen LogP) is 3.79. The number of carbonyl (C=O) groups excluding carboxylic acids is 2. The van der Waals surface area contributed by atoms with Gasteiger partial charge in [-0.15, -0.1) is 0 Å². The Hall–Kier alpha value is -2.59. The summed E-state index contributed by atoms with van der Waals surface area (Å²) >= 11 is 0. The highest BCUT2D eigenvalue weighted by atomic mass is 16.6. The fourth-order valence-electron chi connectivity index (χ4n) is 3.95. The van der Waals surface area contributed by atoms with Gasteiger partial charge in [0.1, 0.15) is 5.60 Å². The quantitative estimate of drug-likeness (QED) is 0.714. The minimum atomic E-state index is -0.518. The molecular weight excluding hydrogens is 392 g/mol. The molecule has 0 aliphatic carbocycles. The highest BCUT2D eigenvalue weighted by molar-refractivity contribution is 5.95. The molecule has 2 amide bonds. The second-order valence-electron chi connectivity index (χ2n) is 9.43. The maximum Gasteiger partial charge on any atom is 0.407 e. The van der Waals surface area contributed by atoms with Crippen molar-refractivity contribution in [2.24, 2.45) is 5.92 Å². The molecule has 0 bridgehead atoms. The molecular formula is C24H36N4O3. The normalized spacial score (nSPS) is 17.0. The van der Waals surface area contributed by atoms with Crippen molar-refractivity contribution in [1.29, 1.82) is 5.26 Å². The Bertz CT molecular complexity index is 790. The van der Waals surface area contributed by atoms with Crippen LogP contribution in [-0.2, 0) is 9.53 Å². The Morgan fingerprint density at radius 3 is 2.55 bits per heavy atom. The van der Waals surface area contributed by atoms with Crippen LogP contribution in [0, 0.1) is 31.1 Å². The largest absolute Gasteiger partial charge is 0.444 e. The van der Waals surface area contributed by atoms with Crippen molar-refractivity contribution in [2.75, 3.05) is 37.6 Å². The lowest BCUT2D eigenvalue weighted by Crippen LogP contribution is -2.47. The average Bonchev–Trinajstić information content (AvgIpc) is 2.65. The minimum Gasteiger partial charge on any atom is -0.444 e. The number of amides is 2. The maximum absolute atomic E-state index is 13.2. The number of carbonyl (C=O) groups is 2. The topological polar surface area (TPSA) is 85.7 Å². The van der Waals surface area contributed by atoms with Crippen LogP contribution in [0.5, 0.6) is 0 Å². The maximum atomic E-state index is 13.2. The number of aryl methyl sites for hydroxylation is 2. The molecule has 0 radical (unpaired) electrons. The second-order valence-corrected chi connectivity index (χ2v) is 9.43. The Kier molecular flexibility index (Phi) is 8.88. The van der Waals surface area contributed by atoms with Gasteiger partial charge < -0.3 is 15.0 Å². The summed E-state index contributed by atoms with van der Waals surface area (Å²) in [6, 6.07) is 8.20. The van der Waals surface area contributed by atoms with Crippen LogP contribution in [-0.4, -0.2) is 55.2 Å².